The van der Waals surface area contributed by atoms with Crippen molar-refractivity contribution in [2.24, 2.45) is 0 Å². The molecule has 0 bridgehead atoms. The van der Waals surface area contributed by atoms with Gasteiger partial charge in [0.25, 0.3) is 5.91 Å². The second-order valence-electron chi connectivity index (χ2n) is 4.92. The minimum absolute atomic E-state index is 0.0166. The van der Waals surface area contributed by atoms with Crippen molar-refractivity contribution in [2.75, 3.05) is 19.7 Å². The van der Waals surface area contributed by atoms with E-state index in [0.29, 0.717) is 18.8 Å². The van der Waals surface area contributed by atoms with Crippen LogP contribution in [0.2, 0.25) is 5.02 Å². The zero-order valence-electron chi connectivity index (χ0n) is 11.4. The van der Waals surface area contributed by atoms with Crippen molar-refractivity contribution in [2.45, 2.75) is 26.1 Å². The van der Waals surface area contributed by atoms with Crippen molar-refractivity contribution in [3.8, 4) is 5.75 Å². The van der Waals surface area contributed by atoms with Crippen molar-refractivity contribution >= 4 is 17.5 Å². The average molecular weight is 302 g/mol. The van der Waals surface area contributed by atoms with Crippen LogP contribution in [0.5, 0.6) is 5.75 Å². The number of nitrogens with zero attached hydrogens (tertiary/aromatic N) is 1. The molecule has 1 saturated heterocycles. The van der Waals surface area contributed by atoms with Gasteiger partial charge in [0, 0.05) is 19.2 Å². The van der Waals surface area contributed by atoms with Crippen molar-refractivity contribution < 1.29 is 18.7 Å². The maximum atomic E-state index is 13.0. The van der Waals surface area contributed by atoms with E-state index in [9.17, 15) is 9.18 Å². The molecule has 2 atom stereocenters. The fourth-order valence-electron chi connectivity index (χ4n) is 2.18. The van der Waals surface area contributed by atoms with Crippen LogP contribution in [0.3, 0.4) is 0 Å². The first kappa shape index (κ1) is 15.1. The van der Waals surface area contributed by atoms with Gasteiger partial charge in [0.15, 0.2) is 6.61 Å². The topological polar surface area (TPSA) is 38.8 Å². The standard InChI is InChI=1S/C14H17ClFNO3/c1-9-6-17(7-10(2)20-9)14(18)8-19-11-3-4-13(16)12(15)5-11/h3-5,9-10H,6-8H2,1-2H3. The van der Waals surface area contributed by atoms with Crippen molar-refractivity contribution in [3.05, 3.63) is 29.0 Å². The summed E-state index contributed by atoms with van der Waals surface area (Å²) in [5, 5.41) is -0.0245. The van der Waals surface area contributed by atoms with Gasteiger partial charge >= 0.3 is 0 Å². The van der Waals surface area contributed by atoms with Gasteiger partial charge in [-0.05, 0) is 26.0 Å². The number of benzene rings is 1. The van der Waals surface area contributed by atoms with Crippen molar-refractivity contribution in [3.63, 3.8) is 0 Å². The number of hydrogen-bond donors (Lipinski definition) is 0. The van der Waals surface area contributed by atoms with Crippen LogP contribution in [0.25, 0.3) is 0 Å². The van der Waals surface area contributed by atoms with Crippen LogP contribution in [0.15, 0.2) is 18.2 Å². The molecule has 0 saturated carbocycles. The molecular weight excluding hydrogens is 285 g/mol. The van der Waals surface area contributed by atoms with E-state index in [4.69, 9.17) is 21.1 Å². The molecule has 6 heteroatoms. The van der Waals surface area contributed by atoms with E-state index in [0.717, 1.165) is 0 Å². The SMILES string of the molecule is CC1CN(C(=O)COc2ccc(F)c(Cl)c2)CC(C)O1. The molecule has 1 aromatic carbocycles. The Bertz CT molecular complexity index is 487. The molecule has 1 amide bonds. The Kier molecular flexibility index (Phi) is 4.83. The van der Waals surface area contributed by atoms with Gasteiger partial charge in [0.05, 0.1) is 17.2 Å². The van der Waals surface area contributed by atoms with Gasteiger partial charge in [0.1, 0.15) is 11.6 Å². The lowest BCUT2D eigenvalue weighted by Gasteiger charge is -2.35. The number of halogens is 2. The fourth-order valence-corrected chi connectivity index (χ4v) is 2.36. The van der Waals surface area contributed by atoms with E-state index in [1.54, 1.807) is 4.90 Å². The Balaban J connectivity index is 1.89. The summed E-state index contributed by atoms with van der Waals surface area (Å²) in [6.45, 7) is 4.86. The molecule has 2 rings (SSSR count). The van der Waals surface area contributed by atoms with E-state index in [1.807, 2.05) is 13.8 Å². The molecule has 4 nitrogen and oxygen atoms in total. The van der Waals surface area contributed by atoms with Gasteiger partial charge in [-0.2, -0.15) is 0 Å². The molecule has 2 unspecified atom stereocenters. The summed E-state index contributed by atoms with van der Waals surface area (Å²) >= 11 is 5.65. The number of rotatable bonds is 3. The zero-order valence-corrected chi connectivity index (χ0v) is 12.2. The zero-order chi connectivity index (χ0) is 14.7. The minimum atomic E-state index is -0.513. The molecule has 0 aromatic heterocycles. The summed E-state index contributed by atoms with van der Waals surface area (Å²) in [7, 11) is 0. The summed E-state index contributed by atoms with van der Waals surface area (Å²) in [5.41, 5.74) is 0. The normalized spacial score (nSPS) is 22.7. The number of carbonyl (C=O) groups is 1. The first-order chi connectivity index (χ1) is 9.45. The first-order valence-electron chi connectivity index (χ1n) is 6.47. The van der Waals surface area contributed by atoms with Crippen LogP contribution in [0.1, 0.15) is 13.8 Å². The van der Waals surface area contributed by atoms with Gasteiger partial charge in [-0.3, -0.25) is 4.79 Å². The predicted octanol–water partition coefficient (Wildman–Crippen LogP) is 2.49. The molecule has 0 N–H and O–H groups in total. The fraction of sp³-hybridized carbons (Fsp3) is 0.500. The monoisotopic (exact) mass is 301 g/mol. The number of ether oxygens (including phenoxy) is 2. The van der Waals surface area contributed by atoms with Crippen LogP contribution in [0.4, 0.5) is 4.39 Å². The molecular formula is C14H17ClFNO3. The molecule has 0 aliphatic carbocycles. The van der Waals surface area contributed by atoms with Crippen molar-refractivity contribution in [1.82, 2.24) is 4.90 Å². The highest BCUT2D eigenvalue weighted by Gasteiger charge is 2.25. The van der Waals surface area contributed by atoms with E-state index in [2.05, 4.69) is 0 Å². The van der Waals surface area contributed by atoms with Gasteiger partial charge < -0.3 is 14.4 Å². The number of carbonyl (C=O) groups excluding carboxylic acids is 1. The quantitative estimate of drug-likeness (QED) is 0.861. The van der Waals surface area contributed by atoms with E-state index >= 15 is 0 Å². The third kappa shape index (κ3) is 3.84. The molecule has 110 valence electrons. The molecule has 1 aliphatic rings. The maximum Gasteiger partial charge on any atom is 0.260 e. The lowest BCUT2D eigenvalue weighted by Crippen LogP contribution is -2.49. The highest BCUT2D eigenvalue weighted by atomic mass is 35.5. The number of hydrogen-bond acceptors (Lipinski definition) is 3. The van der Waals surface area contributed by atoms with Crippen LogP contribution in [-0.2, 0) is 9.53 Å². The van der Waals surface area contributed by atoms with Crippen LogP contribution < -0.4 is 4.74 Å². The maximum absolute atomic E-state index is 13.0. The molecule has 1 fully saturated rings. The lowest BCUT2D eigenvalue weighted by atomic mass is 10.2. The smallest absolute Gasteiger partial charge is 0.260 e. The first-order valence-corrected chi connectivity index (χ1v) is 6.84. The number of amides is 1. The average Bonchev–Trinajstić information content (AvgIpc) is 2.38. The second kappa shape index (κ2) is 6.41. The van der Waals surface area contributed by atoms with Crippen LogP contribution in [-0.4, -0.2) is 42.7 Å². The van der Waals surface area contributed by atoms with Gasteiger partial charge in [-0.1, -0.05) is 11.6 Å². The molecule has 0 spiro atoms. The molecule has 1 aromatic rings. The third-order valence-corrected chi connectivity index (χ3v) is 3.32. The third-order valence-electron chi connectivity index (χ3n) is 3.03. The number of morpholine rings is 1. The molecule has 1 heterocycles. The van der Waals surface area contributed by atoms with Crippen LogP contribution >= 0.6 is 11.6 Å². The second-order valence-corrected chi connectivity index (χ2v) is 5.33. The summed E-state index contributed by atoms with van der Waals surface area (Å²) in [4.78, 5) is 13.8. The Labute approximate surface area is 122 Å². The van der Waals surface area contributed by atoms with E-state index in [1.165, 1.54) is 18.2 Å². The molecule has 0 radical (unpaired) electrons. The Morgan fingerprint density at radius 2 is 2.10 bits per heavy atom. The summed E-state index contributed by atoms with van der Waals surface area (Å²) in [6, 6.07) is 4.01. The molecule has 1 aliphatic heterocycles. The molecule has 20 heavy (non-hydrogen) atoms. The Morgan fingerprint density at radius 1 is 1.45 bits per heavy atom. The van der Waals surface area contributed by atoms with E-state index < -0.39 is 5.82 Å². The van der Waals surface area contributed by atoms with Gasteiger partial charge in [-0.15, -0.1) is 0 Å². The minimum Gasteiger partial charge on any atom is -0.484 e. The Hall–Kier alpha value is -1.33. The van der Waals surface area contributed by atoms with Gasteiger partial charge in [0.2, 0.25) is 0 Å². The van der Waals surface area contributed by atoms with Crippen LogP contribution in [0, 0.1) is 5.82 Å². The Morgan fingerprint density at radius 3 is 2.70 bits per heavy atom. The van der Waals surface area contributed by atoms with E-state index in [-0.39, 0.29) is 29.7 Å². The summed E-state index contributed by atoms with van der Waals surface area (Å²) < 4.78 is 23.9. The lowest BCUT2D eigenvalue weighted by molar-refractivity contribution is -0.145. The van der Waals surface area contributed by atoms with Gasteiger partial charge in [-0.25, -0.2) is 4.39 Å². The highest BCUT2D eigenvalue weighted by Crippen LogP contribution is 2.21. The summed E-state index contributed by atoms with van der Waals surface area (Å²) in [5.74, 6) is -0.257. The predicted molar refractivity (Wildman–Crippen MR) is 73.5 cm³/mol. The van der Waals surface area contributed by atoms with Crippen molar-refractivity contribution in [1.29, 1.82) is 0 Å². The summed E-state index contributed by atoms with van der Waals surface area (Å²) in [6.07, 6.45) is 0.0333. The highest BCUT2D eigenvalue weighted by molar-refractivity contribution is 6.30. The largest absolute Gasteiger partial charge is 0.484 e.